The fourth-order valence-corrected chi connectivity index (χ4v) is 2.36. The number of hydrogen-bond donors (Lipinski definition) is 0. The molecule has 0 aliphatic rings. The molecule has 0 heterocycles. The molecule has 0 N–H and O–H groups in total. The standard InChI is InChI=1S/C18H26NO3/c1-4-11-19(12-7-5-6-8-13-20)15-16-9-10-17(21-2)18(14-16)22-3/h4,9-10,14H,1,5-8,11-12,15H2,2-3H3. The quantitative estimate of drug-likeness (QED) is 0.438. The number of benzene rings is 1. The summed E-state index contributed by atoms with van der Waals surface area (Å²) in [6.45, 7) is 6.49. The Bertz CT molecular complexity index is 460. The number of unbranched alkanes of at least 4 members (excludes halogenated alkanes) is 3. The van der Waals surface area contributed by atoms with Crippen molar-refractivity contribution in [3.8, 4) is 11.5 Å². The van der Waals surface area contributed by atoms with Crippen LogP contribution in [0.2, 0.25) is 0 Å². The van der Waals surface area contributed by atoms with Crippen LogP contribution in [0.15, 0.2) is 30.9 Å². The number of methoxy groups -OCH3 is 2. The van der Waals surface area contributed by atoms with Gasteiger partial charge in [0.15, 0.2) is 17.8 Å². The van der Waals surface area contributed by atoms with E-state index in [0.717, 1.165) is 50.4 Å². The van der Waals surface area contributed by atoms with Crippen LogP contribution in [0, 0.1) is 0 Å². The summed E-state index contributed by atoms with van der Waals surface area (Å²) in [5.74, 6) is 1.49. The molecule has 0 aliphatic carbocycles. The molecule has 0 amide bonds. The lowest BCUT2D eigenvalue weighted by Crippen LogP contribution is -2.24. The van der Waals surface area contributed by atoms with Gasteiger partial charge < -0.3 is 9.47 Å². The third kappa shape index (κ3) is 6.31. The van der Waals surface area contributed by atoms with Gasteiger partial charge in [-0.2, -0.15) is 0 Å². The summed E-state index contributed by atoms with van der Waals surface area (Å²) in [6, 6.07) is 6.00. The van der Waals surface area contributed by atoms with Gasteiger partial charge in [0, 0.05) is 19.5 Å². The van der Waals surface area contributed by atoms with Crippen LogP contribution in [-0.4, -0.2) is 38.5 Å². The maximum absolute atomic E-state index is 10.2. The van der Waals surface area contributed by atoms with Crippen LogP contribution in [0.25, 0.3) is 0 Å². The third-order valence-corrected chi connectivity index (χ3v) is 3.49. The Labute approximate surface area is 133 Å². The van der Waals surface area contributed by atoms with Gasteiger partial charge in [0.2, 0.25) is 0 Å². The molecule has 22 heavy (non-hydrogen) atoms. The molecule has 0 aliphatic heterocycles. The molecule has 0 aromatic heterocycles. The largest absolute Gasteiger partial charge is 0.493 e. The van der Waals surface area contributed by atoms with E-state index in [1.807, 2.05) is 24.5 Å². The molecule has 121 valence electrons. The molecular weight excluding hydrogens is 278 g/mol. The van der Waals surface area contributed by atoms with E-state index >= 15 is 0 Å². The van der Waals surface area contributed by atoms with Gasteiger partial charge >= 0.3 is 0 Å². The van der Waals surface area contributed by atoms with E-state index in [1.165, 1.54) is 5.56 Å². The Morgan fingerprint density at radius 2 is 1.95 bits per heavy atom. The normalized spacial score (nSPS) is 10.5. The van der Waals surface area contributed by atoms with Crippen LogP contribution in [0.3, 0.4) is 0 Å². The van der Waals surface area contributed by atoms with Crippen LogP contribution >= 0.6 is 0 Å². The molecule has 0 bridgehead atoms. The molecule has 0 fully saturated rings. The van der Waals surface area contributed by atoms with Gasteiger partial charge in [-0.05, 0) is 37.1 Å². The van der Waals surface area contributed by atoms with E-state index in [1.54, 1.807) is 14.2 Å². The van der Waals surface area contributed by atoms with Gasteiger partial charge in [0.1, 0.15) is 0 Å². The Morgan fingerprint density at radius 3 is 2.59 bits per heavy atom. The first-order valence-corrected chi connectivity index (χ1v) is 7.64. The van der Waals surface area contributed by atoms with Gasteiger partial charge in [-0.3, -0.25) is 9.69 Å². The van der Waals surface area contributed by atoms with Gasteiger partial charge in [-0.15, -0.1) is 6.58 Å². The Morgan fingerprint density at radius 1 is 1.18 bits per heavy atom. The SMILES string of the molecule is C=CCN(CCCCC[C]=O)Cc1ccc(OC)c(OC)c1. The minimum atomic E-state index is 0.539. The lowest BCUT2D eigenvalue weighted by atomic mass is 10.1. The van der Waals surface area contributed by atoms with E-state index in [0.29, 0.717) is 6.42 Å². The fourth-order valence-electron chi connectivity index (χ4n) is 2.36. The highest BCUT2D eigenvalue weighted by atomic mass is 16.5. The van der Waals surface area contributed by atoms with Crippen molar-refractivity contribution in [3.05, 3.63) is 36.4 Å². The zero-order chi connectivity index (χ0) is 16.2. The highest BCUT2D eigenvalue weighted by molar-refractivity contribution is 5.50. The lowest BCUT2D eigenvalue weighted by Gasteiger charge is -2.21. The number of rotatable bonds is 12. The number of ether oxygens (including phenoxy) is 2. The Kier molecular flexibility index (Phi) is 9.00. The highest BCUT2D eigenvalue weighted by Crippen LogP contribution is 2.28. The maximum atomic E-state index is 10.2. The van der Waals surface area contributed by atoms with Crippen LogP contribution in [0.5, 0.6) is 11.5 Å². The molecule has 1 radical (unpaired) electrons. The van der Waals surface area contributed by atoms with E-state index in [-0.39, 0.29) is 0 Å². The van der Waals surface area contributed by atoms with Crippen LogP contribution in [0.1, 0.15) is 31.2 Å². The third-order valence-electron chi connectivity index (χ3n) is 3.49. The lowest BCUT2D eigenvalue weighted by molar-refractivity contribution is 0.286. The summed E-state index contributed by atoms with van der Waals surface area (Å²) in [5.41, 5.74) is 1.18. The van der Waals surface area contributed by atoms with Crippen molar-refractivity contribution in [1.29, 1.82) is 0 Å². The summed E-state index contributed by atoms with van der Waals surface area (Å²) >= 11 is 0. The predicted octanol–water partition coefficient (Wildman–Crippen LogP) is 3.36. The van der Waals surface area contributed by atoms with Crippen LogP contribution in [-0.2, 0) is 11.3 Å². The van der Waals surface area contributed by atoms with E-state index in [4.69, 9.17) is 9.47 Å². The molecule has 1 aromatic rings. The molecule has 1 rings (SSSR count). The van der Waals surface area contributed by atoms with Crippen molar-refractivity contribution >= 4 is 6.29 Å². The van der Waals surface area contributed by atoms with E-state index in [2.05, 4.69) is 17.5 Å². The van der Waals surface area contributed by atoms with Crippen molar-refractivity contribution < 1.29 is 14.3 Å². The predicted molar refractivity (Wildman–Crippen MR) is 89.2 cm³/mol. The monoisotopic (exact) mass is 304 g/mol. The van der Waals surface area contributed by atoms with Gasteiger partial charge in [-0.1, -0.05) is 18.6 Å². The first kappa shape index (κ1) is 18.2. The van der Waals surface area contributed by atoms with Crippen molar-refractivity contribution in [3.63, 3.8) is 0 Å². The zero-order valence-electron chi connectivity index (χ0n) is 13.6. The molecule has 1 aromatic carbocycles. The minimum Gasteiger partial charge on any atom is -0.493 e. The summed E-state index contributed by atoms with van der Waals surface area (Å²) < 4.78 is 10.6. The second kappa shape index (κ2) is 10.9. The summed E-state index contributed by atoms with van der Waals surface area (Å²) in [5, 5.41) is 0. The molecule has 4 nitrogen and oxygen atoms in total. The van der Waals surface area contributed by atoms with Crippen LogP contribution in [0.4, 0.5) is 0 Å². The van der Waals surface area contributed by atoms with Crippen molar-refractivity contribution in [1.82, 2.24) is 4.90 Å². The summed E-state index contributed by atoms with van der Waals surface area (Å²) in [6.07, 6.45) is 7.44. The maximum Gasteiger partial charge on any atom is 0.198 e. The van der Waals surface area contributed by atoms with E-state index in [9.17, 15) is 4.79 Å². The zero-order valence-corrected chi connectivity index (χ0v) is 13.6. The second-order valence-electron chi connectivity index (χ2n) is 5.17. The van der Waals surface area contributed by atoms with E-state index < -0.39 is 0 Å². The number of carbonyl (C=O) groups excluding carboxylic acids is 1. The summed E-state index contributed by atoms with van der Waals surface area (Å²) in [4.78, 5) is 12.5. The van der Waals surface area contributed by atoms with Crippen molar-refractivity contribution in [2.45, 2.75) is 32.2 Å². The molecular formula is C18H26NO3. The Hall–Kier alpha value is -1.81. The topological polar surface area (TPSA) is 38.8 Å². The van der Waals surface area contributed by atoms with Gasteiger partial charge in [0.05, 0.1) is 14.2 Å². The average Bonchev–Trinajstić information content (AvgIpc) is 2.54. The van der Waals surface area contributed by atoms with Crippen LogP contribution < -0.4 is 9.47 Å². The summed E-state index contributed by atoms with van der Waals surface area (Å²) in [7, 11) is 3.28. The molecule has 0 spiro atoms. The molecule has 0 unspecified atom stereocenters. The Balaban J connectivity index is 2.58. The molecule has 0 atom stereocenters. The highest BCUT2D eigenvalue weighted by Gasteiger charge is 2.08. The van der Waals surface area contributed by atoms with Crippen molar-refractivity contribution in [2.24, 2.45) is 0 Å². The first-order chi connectivity index (χ1) is 10.7. The van der Waals surface area contributed by atoms with Crippen molar-refractivity contribution in [2.75, 3.05) is 27.3 Å². The average molecular weight is 304 g/mol. The number of hydrogen-bond acceptors (Lipinski definition) is 4. The number of nitrogens with zero attached hydrogens (tertiary/aromatic N) is 1. The first-order valence-electron chi connectivity index (χ1n) is 7.64. The molecule has 0 saturated heterocycles. The fraction of sp³-hybridized carbons (Fsp3) is 0.500. The van der Waals surface area contributed by atoms with Gasteiger partial charge in [0.25, 0.3) is 0 Å². The molecule has 0 saturated carbocycles. The second-order valence-corrected chi connectivity index (χ2v) is 5.17. The minimum absolute atomic E-state index is 0.539. The smallest absolute Gasteiger partial charge is 0.198 e. The molecule has 4 heteroatoms. The van der Waals surface area contributed by atoms with Gasteiger partial charge in [-0.25, -0.2) is 0 Å².